The smallest absolute Gasteiger partial charge is 0.279 e. The molecule has 7 nitrogen and oxygen atoms in total. The fourth-order valence-corrected chi connectivity index (χ4v) is 2.47. The number of nitrogens with one attached hydrogen (secondary N) is 2. The summed E-state index contributed by atoms with van der Waals surface area (Å²) in [5, 5.41) is 10.9. The number of aliphatic imine (C=N–C) groups is 1. The van der Waals surface area contributed by atoms with E-state index in [1.807, 2.05) is 36.4 Å². The van der Waals surface area contributed by atoms with Crippen LogP contribution in [0.25, 0.3) is 17.0 Å². The zero-order valence-electron chi connectivity index (χ0n) is 12.9. The molecule has 1 amide bonds. The van der Waals surface area contributed by atoms with Crippen molar-refractivity contribution < 1.29 is 4.79 Å². The van der Waals surface area contributed by atoms with Crippen molar-refractivity contribution in [2.24, 2.45) is 4.99 Å². The van der Waals surface area contributed by atoms with Crippen LogP contribution in [-0.2, 0) is 4.79 Å². The number of H-pyrrole nitrogens is 1. The maximum absolute atomic E-state index is 12.4. The van der Waals surface area contributed by atoms with Crippen molar-refractivity contribution in [2.45, 2.75) is 0 Å². The van der Waals surface area contributed by atoms with Crippen LogP contribution in [0.5, 0.6) is 0 Å². The molecule has 3 aromatic rings. The van der Waals surface area contributed by atoms with E-state index in [4.69, 9.17) is 0 Å². The van der Waals surface area contributed by atoms with E-state index in [2.05, 4.69) is 25.5 Å². The van der Waals surface area contributed by atoms with E-state index in [9.17, 15) is 4.79 Å². The Hall–Kier alpha value is -3.48. The van der Waals surface area contributed by atoms with Gasteiger partial charge in [0.1, 0.15) is 11.5 Å². The highest BCUT2D eigenvalue weighted by atomic mass is 16.2. The van der Waals surface area contributed by atoms with E-state index >= 15 is 0 Å². The molecular formula is C17H14N6O. The molecule has 1 aromatic carbocycles. The molecule has 2 N–H and O–H groups in total. The molecule has 0 fully saturated rings. The lowest BCUT2D eigenvalue weighted by Gasteiger charge is -2.12. The lowest BCUT2D eigenvalue weighted by atomic mass is 10.1. The number of carbonyl (C=O) groups excluding carboxylic acids is 1. The molecule has 0 spiro atoms. The lowest BCUT2D eigenvalue weighted by Crippen LogP contribution is -2.32. The molecule has 1 aliphatic heterocycles. The molecule has 7 heteroatoms. The molecule has 0 unspecified atom stereocenters. The zero-order valence-corrected chi connectivity index (χ0v) is 12.9. The first-order valence-electron chi connectivity index (χ1n) is 7.40. The molecule has 0 saturated heterocycles. The van der Waals surface area contributed by atoms with Crippen LogP contribution in [-0.4, -0.2) is 39.0 Å². The molecule has 0 saturated carbocycles. The molecule has 1 aliphatic rings. The predicted octanol–water partition coefficient (Wildman–Crippen LogP) is 2.24. The van der Waals surface area contributed by atoms with Gasteiger partial charge in [0.05, 0.1) is 11.7 Å². The van der Waals surface area contributed by atoms with Gasteiger partial charge in [-0.05, 0) is 35.9 Å². The monoisotopic (exact) mass is 318 g/mol. The van der Waals surface area contributed by atoms with Gasteiger partial charge in [-0.3, -0.25) is 14.8 Å². The van der Waals surface area contributed by atoms with E-state index < -0.39 is 0 Å². The Bertz CT molecular complexity index is 973. The maximum atomic E-state index is 12.4. The van der Waals surface area contributed by atoms with Gasteiger partial charge in [0.15, 0.2) is 0 Å². The number of hydrogen-bond acceptors (Lipinski definition) is 5. The summed E-state index contributed by atoms with van der Waals surface area (Å²) in [5.74, 6) is 0.923. The SMILES string of the molecule is CN1C(=O)/C(=C/c2ccc3[nH]ncc3c2)N=C1Nc1ccccn1. The number of likely N-dealkylation sites (N-methyl/N-ethyl adjacent to an activating group) is 1. The number of carbonyl (C=O) groups is 1. The fourth-order valence-electron chi connectivity index (χ4n) is 2.47. The molecule has 0 bridgehead atoms. The third-order valence-corrected chi connectivity index (χ3v) is 3.74. The lowest BCUT2D eigenvalue weighted by molar-refractivity contribution is -0.121. The number of aromatic amines is 1. The minimum absolute atomic E-state index is 0.166. The molecule has 2 aromatic heterocycles. The van der Waals surface area contributed by atoms with E-state index in [-0.39, 0.29) is 5.91 Å². The van der Waals surface area contributed by atoms with Gasteiger partial charge in [-0.15, -0.1) is 0 Å². The highest BCUT2D eigenvalue weighted by molar-refractivity contribution is 6.17. The number of amides is 1. The van der Waals surface area contributed by atoms with E-state index in [1.54, 1.807) is 25.5 Å². The van der Waals surface area contributed by atoms with E-state index in [0.29, 0.717) is 17.5 Å². The summed E-state index contributed by atoms with van der Waals surface area (Å²) >= 11 is 0. The Morgan fingerprint density at radius 2 is 2.17 bits per heavy atom. The third kappa shape index (κ3) is 2.52. The van der Waals surface area contributed by atoms with Gasteiger partial charge < -0.3 is 5.32 Å². The molecule has 0 radical (unpaired) electrons. The second-order valence-corrected chi connectivity index (χ2v) is 5.39. The van der Waals surface area contributed by atoms with Crippen LogP contribution in [0, 0.1) is 0 Å². The van der Waals surface area contributed by atoms with Crippen molar-refractivity contribution in [1.82, 2.24) is 20.1 Å². The summed E-state index contributed by atoms with van der Waals surface area (Å²) in [7, 11) is 1.68. The second-order valence-electron chi connectivity index (χ2n) is 5.39. The quantitative estimate of drug-likeness (QED) is 0.710. The summed E-state index contributed by atoms with van der Waals surface area (Å²) < 4.78 is 0. The number of anilines is 1. The van der Waals surface area contributed by atoms with Crippen LogP contribution >= 0.6 is 0 Å². The van der Waals surface area contributed by atoms with Crippen LogP contribution < -0.4 is 5.32 Å². The summed E-state index contributed by atoms with van der Waals surface area (Å²) in [6.07, 6.45) is 5.19. The summed E-state index contributed by atoms with van der Waals surface area (Å²) in [5.41, 5.74) is 2.22. The van der Waals surface area contributed by atoms with E-state index in [1.165, 1.54) is 4.90 Å². The van der Waals surface area contributed by atoms with Crippen molar-refractivity contribution in [1.29, 1.82) is 0 Å². The number of pyridine rings is 1. The molecule has 118 valence electrons. The second kappa shape index (κ2) is 5.62. The predicted molar refractivity (Wildman–Crippen MR) is 92.1 cm³/mol. The first kappa shape index (κ1) is 14.1. The Labute approximate surface area is 137 Å². The van der Waals surface area contributed by atoms with E-state index in [0.717, 1.165) is 16.5 Å². The van der Waals surface area contributed by atoms with Gasteiger partial charge in [-0.2, -0.15) is 5.10 Å². The Morgan fingerprint density at radius 1 is 1.25 bits per heavy atom. The van der Waals surface area contributed by atoms with Crippen LogP contribution in [0.4, 0.5) is 5.82 Å². The molecular weight excluding hydrogens is 304 g/mol. The molecule has 4 rings (SSSR count). The van der Waals surface area contributed by atoms with Gasteiger partial charge in [0.25, 0.3) is 5.91 Å². The van der Waals surface area contributed by atoms with Crippen LogP contribution in [0.3, 0.4) is 0 Å². The van der Waals surface area contributed by atoms with Crippen LogP contribution in [0.15, 0.2) is 59.5 Å². The number of fused-ring (bicyclic) bond motifs is 1. The first-order chi connectivity index (χ1) is 11.7. The summed E-state index contributed by atoms with van der Waals surface area (Å²) in [6, 6.07) is 11.3. The van der Waals surface area contributed by atoms with Gasteiger partial charge in [0, 0.05) is 18.6 Å². The molecule has 24 heavy (non-hydrogen) atoms. The highest BCUT2D eigenvalue weighted by Crippen LogP contribution is 2.20. The number of aromatic nitrogens is 3. The molecule has 0 atom stereocenters. The Kier molecular flexibility index (Phi) is 3.31. The van der Waals surface area contributed by atoms with Crippen molar-refractivity contribution in [2.75, 3.05) is 12.4 Å². The minimum atomic E-state index is -0.166. The van der Waals surface area contributed by atoms with Crippen LogP contribution in [0.1, 0.15) is 5.56 Å². The van der Waals surface area contributed by atoms with Crippen molar-refractivity contribution in [3.05, 3.63) is 60.1 Å². The maximum Gasteiger partial charge on any atom is 0.279 e. The highest BCUT2D eigenvalue weighted by Gasteiger charge is 2.27. The minimum Gasteiger partial charge on any atom is -0.310 e. The van der Waals surface area contributed by atoms with Gasteiger partial charge in [-0.25, -0.2) is 9.98 Å². The van der Waals surface area contributed by atoms with Gasteiger partial charge in [0.2, 0.25) is 5.96 Å². The summed E-state index contributed by atoms with van der Waals surface area (Å²) in [4.78, 5) is 22.4. The average Bonchev–Trinajstić information content (AvgIpc) is 3.16. The Morgan fingerprint density at radius 3 is 3.00 bits per heavy atom. The number of guanidine groups is 1. The third-order valence-electron chi connectivity index (χ3n) is 3.74. The normalized spacial score (nSPS) is 16.0. The fraction of sp³-hybridized carbons (Fsp3) is 0.0588. The Balaban J connectivity index is 1.65. The van der Waals surface area contributed by atoms with Crippen LogP contribution in [0.2, 0.25) is 0 Å². The average molecular weight is 318 g/mol. The number of hydrogen-bond donors (Lipinski definition) is 2. The van der Waals surface area contributed by atoms with Crippen molar-refractivity contribution in [3.8, 4) is 0 Å². The van der Waals surface area contributed by atoms with Gasteiger partial charge in [-0.1, -0.05) is 12.1 Å². The molecule has 0 aliphatic carbocycles. The number of nitrogens with zero attached hydrogens (tertiary/aromatic N) is 4. The van der Waals surface area contributed by atoms with Crippen molar-refractivity contribution in [3.63, 3.8) is 0 Å². The largest absolute Gasteiger partial charge is 0.310 e. The summed E-state index contributed by atoms with van der Waals surface area (Å²) in [6.45, 7) is 0. The van der Waals surface area contributed by atoms with Crippen molar-refractivity contribution >= 4 is 34.7 Å². The number of rotatable bonds is 2. The van der Waals surface area contributed by atoms with Gasteiger partial charge >= 0.3 is 0 Å². The zero-order chi connectivity index (χ0) is 16.5. The standard InChI is InChI=1S/C17H14N6O/c1-23-16(24)14(20-17(23)21-15-4-2-3-7-18-15)9-11-5-6-13-12(8-11)10-19-22-13/h2-10H,1H3,(H,19,22)(H,18,20,21)/b14-9-. The number of benzene rings is 1. The first-order valence-corrected chi connectivity index (χ1v) is 7.40. The molecule has 3 heterocycles. The topological polar surface area (TPSA) is 86.3 Å².